The summed E-state index contributed by atoms with van der Waals surface area (Å²) in [6.07, 6.45) is 7.15. The second-order valence-corrected chi connectivity index (χ2v) is 6.28. The Morgan fingerprint density at radius 3 is 2.78 bits per heavy atom. The van der Waals surface area contributed by atoms with Crippen LogP contribution in [0.2, 0.25) is 0 Å². The number of rotatable bonds is 6. The van der Waals surface area contributed by atoms with Crippen molar-refractivity contribution in [3.63, 3.8) is 0 Å². The van der Waals surface area contributed by atoms with E-state index in [2.05, 4.69) is 38.9 Å². The molecule has 0 radical (unpaired) electrons. The normalized spacial score (nSPS) is 16.8. The van der Waals surface area contributed by atoms with E-state index >= 15 is 0 Å². The largest absolute Gasteiger partial charge is 0.476 e. The van der Waals surface area contributed by atoms with Crippen LogP contribution in [0, 0.1) is 5.92 Å². The average molecular weight is 317 g/mol. The fraction of sp³-hybridized carbons (Fsp3) is 0.625. The van der Waals surface area contributed by atoms with Crippen LogP contribution < -0.4 is 4.74 Å². The number of hydrogen-bond donors (Lipinski definition) is 0. The first kappa shape index (κ1) is 15.9. The van der Waals surface area contributed by atoms with Gasteiger partial charge in [0.1, 0.15) is 0 Å². The molecule has 124 valence electrons. The number of nitrogens with zero attached hydrogens (tertiary/aromatic N) is 5. The summed E-state index contributed by atoms with van der Waals surface area (Å²) in [6, 6.07) is 0. The molecule has 0 atom stereocenters. The monoisotopic (exact) mass is 317 g/mol. The molecule has 3 rings (SSSR count). The molecule has 0 N–H and O–H groups in total. The Morgan fingerprint density at radius 1 is 1.30 bits per heavy atom. The second kappa shape index (κ2) is 7.50. The third kappa shape index (κ3) is 4.48. The summed E-state index contributed by atoms with van der Waals surface area (Å²) in [5, 5.41) is 4.01. The second-order valence-electron chi connectivity index (χ2n) is 6.28. The topological polar surface area (TPSA) is 77.2 Å². The van der Waals surface area contributed by atoms with Gasteiger partial charge in [0.05, 0.1) is 19.3 Å². The Morgan fingerprint density at radius 2 is 2.13 bits per heavy atom. The van der Waals surface area contributed by atoms with Gasteiger partial charge in [0.15, 0.2) is 5.82 Å². The number of ether oxygens (including phenoxy) is 1. The van der Waals surface area contributed by atoms with Gasteiger partial charge < -0.3 is 9.26 Å². The molecule has 0 bridgehead atoms. The number of hydrogen-bond acceptors (Lipinski definition) is 7. The van der Waals surface area contributed by atoms with E-state index in [1.807, 2.05) is 0 Å². The molecular formula is C16H23N5O2. The maximum atomic E-state index is 5.70. The lowest BCUT2D eigenvalue weighted by Gasteiger charge is -2.30. The van der Waals surface area contributed by atoms with Gasteiger partial charge in [-0.2, -0.15) is 4.98 Å². The van der Waals surface area contributed by atoms with Crippen LogP contribution in [-0.4, -0.2) is 44.7 Å². The smallest absolute Gasteiger partial charge is 0.240 e. The van der Waals surface area contributed by atoms with E-state index in [0.717, 1.165) is 38.3 Å². The van der Waals surface area contributed by atoms with Crippen LogP contribution in [0.4, 0.5) is 0 Å². The van der Waals surface area contributed by atoms with Crippen molar-refractivity contribution >= 4 is 0 Å². The molecule has 0 saturated carbocycles. The van der Waals surface area contributed by atoms with Crippen LogP contribution >= 0.6 is 0 Å². The Labute approximate surface area is 136 Å². The molecule has 3 heterocycles. The van der Waals surface area contributed by atoms with Crippen molar-refractivity contribution in [2.45, 2.75) is 39.2 Å². The Hall–Kier alpha value is -2.02. The molecule has 2 aromatic heterocycles. The molecule has 0 aliphatic carbocycles. The van der Waals surface area contributed by atoms with E-state index in [0.29, 0.717) is 30.2 Å². The summed E-state index contributed by atoms with van der Waals surface area (Å²) >= 11 is 0. The first-order valence-corrected chi connectivity index (χ1v) is 8.14. The molecule has 7 heteroatoms. The molecular weight excluding hydrogens is 294 g/mol. The first-order valence-electron chi connectivity index (χ1n) is 8.14. The van der Waals surface area contributed by atoms with E-state index in [1.165, 1.54) is 0 Å². The molecule has 1 aliphatic rings. The highest BCUT2D eigenvalue weighted by Gasteiger charge is 2.22. The minimum Gasteiger partial charge on any atom is -0.476 e. The van der Waals surface area contributed by atoms with Crippen molar-refractivity contribution in [3.8, 4) is 5.88 Å². The van der Waals surface area contributed by atoms with Crippen LogP contribution in [0.25, 0.3) is 0 Å². The van der Waals surface area contributed by atoms with Gasteiger partial charge in [-0.05, 0) is 31.8 Å². The summed E-state index contributed by atoms with van der Waals surface area (Å²) in [6.45, 7) is 7.61. The maximum absolute atomic E-state index is 5.70. The Bertz CT molecular complexity index is 594. The Balaban J connectivity index is 1.41. The van der Waals surface area contributed by atoms with Crippen LogP contribution in [0.5, 0.6) is 5.88 Å². The maximum Gasteiger partial charge on any atom is 0.240 e. The lowest BCUT2D eigenvalue weighted by atomic mass is 9.98. The summed E-state index contributed by atoms with van der Waals surface area (Å²) < 4.78 is 11.0. The zero-order chi connectivity index (χ0) is 16.1. The minimum atomic E-state index is 0.302. The molecule has 0 amide bonds. The molecule has 23 heavy (non-hydrogen) atoms. The van der Waals surface area contributed by atoms with Crippen molar-refractivity contribution in [1.82, 2.24) is 25.0 Å². The van der Waals surface area contributed by atoms with Gasteiger partial charge in [-0.1, -0.05) is 19.0 Å². The summed E-state index contributed by atoms with van der Waals surface area (Å²) in [5.41, 5.74) is 0. The van der Waals surface area contributed by atoms with E-state index in [9.17, 15) is 0 Å². The molecule has 0 spiro atoms. The minimum absolute atomic E-state index is 0.302. The summed E-state index contributed by atoms with van der Waals surface area (Å²) in [4.78, 5) is 14.9. The highest BCUT2D eigenvalue weighted by Crippen LogP contribution is 2.20. The quantitative estimate of drug-likeness (QED) is 0.808. The number of aromatic nitrogens is 4. The van der Waals surface area contributed by atoms with Crippen molar-refractivity contribution in [1.29, 1.82) is 0 Å². The van der Waals surface area contributed by atoms with Gasteiger partial charge in [-0.15, -0.1) is 0 Å². The zero-order valence-electron chi connectivity index (χ0n) is 13.7. The highest BCUT2D eigenvalue weighted by molar-refractivity contribution is 5.01. The highest BCUT2D eigenvalue weighted by atomic mass is 16.5. The molecule has 1 fully saturated rings. The van der Waals surface area contributed by atoms with Crippen molar-refractivity contribution in [2.24, 2.45) is 5.92 Å². The Kier molecular flexibility index (Phi) is 5.17. The van der Waals surface area contributed by atoms with Gasteiger partial charge in [0, 0.05) is 18.3 Å². The van der Waals surface area contributed by atoms with Gasteiger partial charge in [-0.3, -0.25) is 9.88 Å². The fourth-order valence-corrected chi connectivity index (χ4v) is 2.63. The standard InChI is InChI=1S/C16H23N5O2/c1-12(2)16-19-15(23-20-16)10-21-7-3-13(4-8-21)11-22-14-9-17-5-6-18-14/h5-6,9,12-13H,3-4,7-8,10-11H2,1-2H3. The molecule has 0 aromatic carbocycles. The van der Waals surface area contributed by atoms with E-state index in [1.54, 1.807) is 18.6 Å². The predicted molar refractivity (Wildman–Crippen MR) is 83.9 cm³/mol. The van der Waals surface area contributed by atoms with E-state index < -0.39 is 0 Å². The van der Waals surface area contributed by atoms with Crippen LogP contribution in [0.15, 0.2) is 23.1 Å². The van der Waals surface area contributed by atoms with Crippen LogP contribution in [-0.2, 0) is 6.54 Å². The average Bonchev–Trinajstić information content (AvgIpc) is 3.04. The van der Waals surface area contributed by atoms with Gasteiger partial charge in [0.2, 0.25) is 11.8 Å². The SMILES string of the molecule is CC(C)c1noc(CN2CCC(COc3cnccn3)CC2)n1. The van der Waals surface area contributed by atoms with Gasteiger partial charge in [-0.25, -0.2) is 4.98 Å². The third-order valence-electron chi connectivity index (χ3n) is 4.07. The molecule has 1 aliphatic heterocycles. The van der Waals surface area contributed by atoms with Gasteiger partial charge >= 0.3 is 0 Å². The summed E-state index contributed by atoms with van der Waals surface area (Å²) in [5.74, 6) is 2.95. The molecule has 1 saturated heterocycles. The fourth-order valence-electron chi connectivity index (χ4n) is 2.63. The van der Waals surface area contributed by atoms with Crippen LogP contribution in [0.3, 0.4) is 0 Å². The van der Waals surface area contributed by atoms with E-state index in [-0.39, 0.29) is 0 Å². The van der Waals surface area contributed by atoms with E-state index in [4.69, 9.17) is 9.26 Å². The lowest BCUT2D eigenvalue weighted by Crippen LogP contribution is -2.35. The van der Waals surface area contributed by atoms with Crippen molar-refractivity contribution < 1.29 is 9.26 Å². The zero-order valence-corrected chi connectivity index (χ0v) is 13.7. The third-order valence-corrected chi connectivity index (χ3v) is 4.07. The van der Waals surface area contributed by atoms with Gasteiger partial charge in [0.25, 0.3) is 0 Å². The van der Waals surface area contributed by atoms with Crippen molar-refractivity contribution in [2.75, 3.05) is 19.7 Å². The van der Waals surface area contributed by atoms with Crippen LogP contribution in [0.1, 0.15) is 44.3 Å². The number of likely N-dealkylation sites (tertiary alicyclic amines) is 1. The first-order chi connectivity index (χ1) is 11.2. The lowest BCUT2D eigenvalue weighted by molar-refractivity contribution is 0.125. The number of piperidine rings is 1. The molecule has 0 unspecified atom stereocenters. The summed E-state index contributed by atoms with van der Waals surface area (Å²) in [7, 11) is 0. The predicted octanol–water partition coefficient (Wildman–Crippen LogP) is 2.27. The molecule has 7 nitrogen and oxygen atoms in total. The molecule has 2 aromatic rings. The van der Waals surface area contributed by atoms with Crippen molar-refractivity contribution in [3.05, 3.63) is 30.3 Å².